The average molecular weight is 252 g/mol. The number of hydrogen-bond donors (Lipinski definition) is 2. The van der Waals surface area contributed by atoms with Gasteiger partial charge < -0.3 is 15.4 Å². The molecule has 94 valence electrons. The Hall–Kier alpha value is -1.13. The van der Waals surface area contributed by atoms with Gasteiger partial charge in [0.05, 0.1) is 6.61 Å². The second kappa shape index (κ2) is 7.25. The average Bonchev–Trinajstić information content (AvgIpc) is 2.28. The molecule has 0 heterocycles. The van der Waals surface area contributed by atoms with E-state index in [9.17, 15) is 0 Å². The summed E-state index contributed by atoms with van der Waals surface area (Å²) in [7, 11) is 1.68. The van der Waals surface area contributed by atoms with Crippen LogP contribution in [-0.2, 0) is 11.3 Å². The lowest BCUT2D eigenvalue weighted by atomic mass is 10.1. The lowest BCUT2D eigenvalue weighted by molar-refractivity contribution is 0.179. The molecule has 1 aromatic rings. The van der Waals surface area contributed by atoms with E-state index in [1.807, 2.05) is 19.1 Å². The zero-order valence-electron chi connectivity index (χ0n) is 10.6. The quantitative estimate of drug-likeness (QED) is 0.785. The highest BCUT2D eigenvalue weighted by Crippen LogP contribution is 2.05. The van der Waals surface area contributed by atoms with Crippen LogP contribution in [0.3, 0.4) is 0 Å². The van der Waals surface area contributed by atoms with Crippen LogP contribution in [0.1, 0.15) is 18.1 Å². The standard InChI is InChI=1S/C13H20N2OS/c1-10-6-4-5-7-12(10)8-14-13(17)15-11(2)9-16-3/h4-7,11H,8-9H2,1-3H3,(H2,14,15,17). The molecule has 1 rings (SSSR count). The molecule has 0 saturated carbocycles. The zero-order valence-corrected chi connectivity index (χ0v) is 11.4. The first-order valence-electron chi connectivity index (χ1n) is 5.71. The van der Waals surface area contributed by atoms with Crippen LogP contribution in [0.4, 0.5) is 0 Å². The third-order valence-electron chi connectivity index (χ3n) is 2.49. The molecule has 0 aliphatic heterocycles. The number of aryl methyl sites for hydroxylation is 1. The fourth-order valence-electron chi connectivity index (χ4n) is 1.55. The summed E-state index contributed by atoms with van der Waals surface area (Å²) in [6.45, 7) is 5.52. The number of methoxy groups -OCH3 is 1. The van der Waals surface area contributed by atoms with Gasteiger partial charge in [-0.05, 0) is 37.2 Å². The molecule has 0 aliphatic rings. The van der Waals surface area contributed by atoms with Crippen LogP contribution in [0.25, 0.3) is 0 Å². The van der Waals surface area contributed by atoms with E-state index >= 15 is 0 Å². The van der Waals surface area contributed by atoms with E-state index in [2.05, 4.69) is 29.7 Å². The predicted octanol–water partition coefficient (Wildman–Crippen LogP) is 1.99. The molecule has 17 heavy (non-hydrogen) atoms. The molecule has 3 nitrogen and oxygen atoms in total. The minimum absolute atomic E-state index is 0.219. The highest BCUT2D eigenvalue weighted by molar-refractivity contribution is 7.80. The lowest BCUT2D eigenvalue weighted by Gasteiger charge is -2.16. The van der Waals surface area contributed by atoms with Crippen molar-refractivity contribution in [2.45, 2.75) is 26.4 Å². The van der Waals surface area contributed by atoms with E-state index in [1.165, 1.54) is 11.1 Å². The second-order valence-electron chi connectivity index (χ2n) is 4.11. The Morgan fingerprint density at radius 1 is 1.41 bits per heavy atom. The van der Waals surface area contributed by atoms with Crippen LogP contribution in [0.5, 0.6) is 0 Å². The predicted molar refractivity (Wildman–Crippen MR) is 75.1 cm³/mol. The smallest absolute Gasteiger partial charge is 0.166 e. The third kappa shape index (κ3) is 5.15. The summed E-state index contributed by atoms with van der Waals surface area (Å²) >= 11 is 5.21. The van der Waals surface area contributed by atoms with E-state index in [4.69, 9.17) is 17.0 Å². The first-order valence-corrected chi connectivity index (χ1v) is 6.12. The van der Waals surface area contributed by atoms with E-state index < -0.39 is 0 Å². The van der Waals surface area contributed by atoms with Crippen LogP contribution < -0.4 is 10.6 Å². The number of rotatable bonds is 5. The molecule has 0 bridgehead atoms. The molecule has 0 aliphatic carbocycles. The third-order valence-corrected chi connectivity index (χ3v) is 2.76. The van der Waals surface area contributed by atoms with Crippen molar-refractivity contribution in [1.82, 2.24) is 10.6 Å². The van der Waals surface area contributed by atoms with Gasteiger partial charge in [-0.25, -0.2) is 0 Å². The van der Waals surface area contributed by atoms with Crippen molar-refractivity contribution in [2.24, 2.45) is 0 Å². The molecule has 4 heteroatoms. The monoisotopic (exact) mass is 252 g/mol. The topological polar surface area (TPSA) is 33.3 Å². The van der Waals surface area contributed by atoms with E-state index in [1.54, 1.807) is 7.11 Å². The molecular formula is C13H20N2OS. The van der Waals surface area contributed by atoms with E-state index in [-0.39, 0.29) is 6.04 Å². The maximum Gasteiger partial charge on any atom is 0.166 e. The van der Waals surface area contributed by atoms with Gasteiger partial charge in [0.1, 0.15) is 0 Å². The van der Waals surface area contributed by atoms with Gasteiger partial charge >= 0.3 is 0 Å². The molecule has 1 unspecified atom stereocenters. The van der Waals surface area contributed by atoms with Crippen molar-refractivity contribution in [3.63, 3.8) is 0 Å². The molecule has 1 atom stereocenters. The van der Waals surface area contributed by atoms with Crippen molar-refractivity contribution in [3.05, 3.63) is 35.4 Å². The highest BCUT2D eigenvalue weighted by atomic mass is 32.1. The summed E-state index contributed by atoms with van der Waals surface area (Å²) in [5.74, 6) is 0. The Labute approximate surface area is 109 Å². The van der Waals surface area contributed by atoms with Crippen molar-refractivity contribution in [3.8, 4) is 0 Å². The van der Waals surface area contributed by atoms with Gasteiger partial charge in [-0.15, -0.1) is 0 Å². The molecule has 0 aromatic heterocycles. The maximum atomic E-state index is 5.21. The van der Waals surface area contributed by atoms with Gasteiger partial charge in [0.15, 0.2) is 5.11 Å². The first-order chi connectivity index (χ1) is 8.13. The van der Waals surface area contributed by atoms with Crippen molar-refractivity contribution in [2.75, 3.05) is 13.7 Å². The van der Waals surface area contributed by atoms with Crippen LogP contribution in [0.15, 0.2) is 24.3 Å². The zero-order chi connectivity index (χ0) is 12.7. The van der Waals surface area contributed by atoms with Crippen LogP contribution in [-0.4, -0.2) is 24.9 Å². The summed E-state index contributed by atoms with van der Waals surface area (Å²) < 4.78 is 5.04. The van der Waals surface area contributed by atoms with Crippen LogP contribution >= 0.6 is 12.2 Å². The molecule has 1 aromatic carbocycles. The Morgan fingerprint density at radius 2 is 2.12 bits per heavy atom. The summed E-state index contributed by atoms with van der Waals surface area (Å²) in [6, 6.07) is 8.49. The van der Waals surface area contributed by atoms with Crippen LogP contribution in [0, 0.1) is 6.92 Å². The number of thiocarbonyl (C=S) groups is 1. The summed E-state index contributed by atoms with van der Waals surface area (Å²) in [5.41, 5.74) is 2.53. The van der Waals surface area contributed by atoms with Gasteiger partial charge in [-0.2, -0.15) is 0 Å². The van der Waals surface area contributed by atoms with Crippen molar-refractivity contribution < 1.29 is 4.74 Å². The minimum atomic E-state index is 0.219. The normalized spacial score (nSPS) is 11.9. The second-order valence-corrected chi connectivity index (χ2v) is 4.52. The minimum Gasteiger partial charge on any atom is -0.383 e. The summed E-state index contributed by atoms with van der Waals surface area (Å²) in [4.78, 5) is 0. The molecule has 0 fully saturated rings. The fraction of sp³-hybridized carbons (Fsp3) is 0.462. The Morgan fingerprint density at radius 3 is 2.76 bits per heavy atom. The Bertz CT molecular complexity index is 368. The SMILES string of the molecule is COCC(C)NC(=S)NCc1ccccc1C. The van der Waals surface area contributed by atoms with E-state index in [0.29, 0.717) is 11.7 Å². The largest absolute Gasteiger partial charge is 0.383 e. The van der Waals surface area contributed by atoms with Gasteiger partial charge in [-0.3, -0.25) is 0 Å². The van der Waals surface area contributed by atoms with Crippen LogP contribution in [0.2, 0.25) is 0 Å². The molecule has 0 amide bonds. The molecule has 0 radical (unpaired) electrons. The van der Waals surface area contributed by atoms with Crippen molar-refractivity contribution in [1.29, 1.82) is 0 Å². The van der Waals surface area contributed by atoms with Gasteiger partial charge in [0.2, 0.25) is 0 Å². The number of hydrogen-bond acceptors (Lipinski definition) is 2. The van der Waals surface area contributed by atoms with Crippen molar-refractivity contribution >= 4 is 17.3 Å². The van der Waals surface area contributed by atoms with Gasteiger partial charge in [0.25, 0.3) is 0 Å². The fourth-order valence-corrected chi connectivity index (χ4v) is 1.82. The molecular weight excluding hydrogens is 232 g/mol. The number of nitrogens with one attached hydrogen (secondary N) is 2. The maximum absolute atomic E-state index is 5.21. The number of ether oxygens (including phenoxy) is 1. The van der Waals surface area contributed by atoms with Gasteiger partial charge in [0, 0.05) is 19.7 Å². The molecule has 2 N–H and O–H groups in total. The first kappa shape index (κ1) is 13.9. The van der Waals surface area contributed by atoms with Gasteiger partial charge in [-0.1, -0.05) is 24.3 Å². The summed E-state index contributed by atoms with van der Waals surface area (Å²) in [6.07, 6.45) is 0. The number of benzene rings is 1. The highest BCUT2D eigenvalue weighted by Gasteiger charge is 2.03. The molecule has 0 saturated heterocycles. The Balaban J connectivity index is 2.36. The van der Waals surface area contributed by atoms with E-state index in [0.717, 1.165) is 6.54 Å². The lowest BCUT2D eigenvalue weighted by Crippen LogP contribution is -2.42. The summed E-state index contributed by atoms with van der Waals surface area (Å²) in [5, 5.41) is 7.02. The Kier molecular flexibility index (Phi) is 5.94. The molecule has 0 spiro atoms.